The fourth-order valence-corrected chi connectivity index (χ4v) is 3.51. The van der Waals surface area contributed by atoms with E-state index in [4.69, 9.17) is 0 Å². The molecule has 26 heavy (non-hydrogen) atoms. The van der Waals surface area contributed by atoms with Gasteiger partial charge in [-0.2, -0.15) is 18.2 Å². The number of halogens is 3. The molecule has 4 heterocycles. The van der Waals surface area contributed by atoms with Gasteiger partial charge >= 0.3 is 12.1 Å². The van der Waals surface area contributed by atoms with Gasteiger partial charge in [0.25, 0.3) is 0 Å². The van der Waals surface area contributed by atoms with E-state index in [1.165, 1.54) is 6.20 Å². The van der Waals surface area contributed by atoms with Crippen molar-refractivity contribution in [2.75, 3.05) is 31.1 Å². The largest absolute Gasteiger partial charge is 0.471 e. The maximum atomic E-state index is 12.5. The van der Waals surface area contributed by atoms with Gasteiger partial charge in [0.1, 0.15) is 5.82 Å². The van der Waals surface area contributed by atoms with Crippen LogP contribution >= 0.6 is 0 Å². The molecule has 0 N–H and O–H groups in total. The van der Waals surface area contributed by atoms with Crippen molar-refractivity contribution in [3.8, 4) is 11.4 Å². The van der Waals surface area contributed by atoms with E-state index in [0.717, 1.165) is 51.2 Å². The van der Waals surface area contributed by atoms with Crippen LogP contribution in [0.15, 0.2) is 22.9 Å². The van der Waals surface area contributed by atoms with Gasteiger partial charge in [0.2, 0.25) is 12.2 Å². The van der Waals surface area contributed by atoms with Gasteiger partial charge in [-0.1, -0.05) is 5.16 Å². The summed E-state index contributed by atoms with van der Waals surface area (Å²) in [7, 11) is 0. The Morgan fingerprint density at radius 1 is 1.19 bits per heavy atom. The number of alkyl halides is 3. The molecule has 0 bridgehead atoms. The van der Waals surface area contributed by atoms with Crippen LogP contribution < -0.4 is 4.90 Å². The van der Waals surface area contributed by atoms with Crippen LogP contribution in [0.3, 0.4) is 0 Å². The van der Waals surface area contributed by atoms with Crippen molar-refractivity contribution in [1.82, 2.24) is 20.0 Å². The van der Waals surface area contributed by atoms with Crippen LogP contribution in [0.25, 0.3) is 11.4 Å². The number of hydrogen-bond donors (Lipinski definition) is 0. The van der Waals surface area contributed by atoms with Crippen LogP contribution in [0, 0.1) is 5.41 Å². The van der Waals surface area contributed by atoms with Gasteiger partial charge in [-0.05, 0) is 25.0 Å². The molecule has 0 aliphatic carbocycles. The molecule has 2 aromatic rings. The Kier molecular flexibility index (Phi) is 3.85. The minimum absolute atomic E-state index is 0.141. The standard InChI is InChI=1S/C16H16F3N5O2/c17-16(18,19)14-21-13(22-26-14)11-1-2-12(20-7-11)24-8-15(9-24)3-5-23(10-25)6-4-15/h1-2,7,10H,3-6,8-9H2. The monoisotopic (exact) mass is 367 g/mol. The number of carbonyl (C=O) groups excluding carboxylic acids is 1. The number of hydrogen-bond acceptors (Lipinski definition) is 6. The number of pyridine rings is 1. The molecule has 7 nitrogen and oxygen atoms in total. The highest BCUT2D eigenvalue weighted by molar-refractivity contribution is 5.56. The SMILES string of the molecule is O=CN1CCC2(CC1)CN(c1ccc(-c3noc(C(F)(F)F)n3)cn1)C2. The highest BCUT2D eigenvalue weighted by atomic mass is 19.4. The van der Waals surface area contributed by atoms with Crippen molar-refractivity contribution < 1.29 is 22.5 Å². The Balaban J connectivity index is 1.40. The molecule has 0 unspecified atom stereocenters. The molecule has 0 radical (unpaired) electrons. The van der Waals surface area contributed by atoms with Crippen molar-refractivity contribution in [1.29, 1.82) is 0 Å². The molecule has 2 saturated heterocycles. The van der Waals surface area contributed by atoms with Gasteiger partial charge in [0.05, 0.1) is 0 Å². The van der Waals surface area contributed by atoms with E-state index >= 15 is 0 Å². The quantitative estimate of drug-likeness (QED) is 0.775. The van der Waals surface area contributed by atoms with Crippen molar-refractivity contribution in [2.24, 2.45) is 5.41 Å². The number of aromatic nitrogens is 3. The van der Waals surface area contributed by atoms with Crippen molar-refractivity contribution in [2.45, 2.75) is 19.0 Å². The summed E-state index contributed by atoms with van der Waals surface area (Å²) in [6.07, 6.45) is -0.372. The van der Waals surface area contributed by atoms with E-state index in [1.807, 2.05) is 0 Å². The third-order valence-corrected chi connectivity index (χ3v) is 5.06. The van der Waals surface area contributed by atoms with Crippen LogP contribution in [0.4, 0.5) is 19.0 Å². The predicted octanol–water partition coefficient (Wildman–Crippen LogP) is 2.21. The average Bonchev–Trinajstić information content (AvgIpc) is 3.10. The van der Waals surface area contributed by atoms with Crippen LogP contribution in [0.5, 0.6) is 0 Å². The van der Waals surface area contributed by atoms with E-state index in [2.05, 4.69) is 24.5 Å². The average molecular weight is 367 g/mol. The first-order valence-corrected chi connectivity index (χ1v) is 8.20. The van der Waals surface area contributed by atoms with Crippen molar-refractivity contribution >= 4 is 12.2 Å². The number of rotatable bonds is 3. The smallest absolute Gasteiger partial charge is 0.355 e. The molecule has 10 heteroatoms. The third kappa shape index (κ3) is 2.99. The first kappa shape index (κ1) is 16.8. The summed E-state index contributed by atoms with van der Waals surface area (Å²) < 4.78 is 41.8. The van der Waals surface area contributed by atoms with Gasteiger partial charge in [-0.15, -0.1) is 0 Å². The summed E-state index contributed by atoms with van der Waals surface area (Å²) in [4.78, 5) is 22.4. The summed E-state index contributed by atoms with van der Waals surface area (Å²) in [6, 6.07) is 3.37. The fourth-order valence-electron chi connectivity index (χ4n) is 3.51. The molecule has 2 aliphatic rings. The van der Waals surface area contributed by atoms with Gasteiger partial charge in [-0.25, -0.2) is 4.98 Å². The predicted molar refractivity (Wildman–Crippen MR) is 84.0 cm³/mol. The van der Waals surface area contributed by atoms with Crippen LogP contribution in [0.1, 0.15) is 18.7 Å². The van der Waals surface area contributed by atoms with E-state index < -0.39 is 12.1 Å². The van der Waals surface area contributed by atoms with Crippen molar-refractivity contribution in [3.05, 3.63) is 24.2 Å². The second-order valence-electron chi connectivity index (χ2n) is 6.82. The van der Waals surface area contributed by atoms with Crippen LogP contribution in [-0.2, 0) is 11.0 Å². The highest BCUT2D eigenvalue weighted by Crippen LogP contribution is 2.42. The first-order chi connectivity index (χ1) is 12.4. The zero-order chi connectivity index (χ0) is 18.4. The Labute approximate surface area is 146 Å². The maximum Gasteiger partial charge on any atom is 0.471 e. The lowest BCUT2D eigenvalue weighted by atomic mass is 9.72. The zero-order valence-corrected chi connectivity index (χ0v) is 13.7. The highest BCUT2D eigenvalue weighted by Gasteiger charge is 2.45. The lowest BCUT2D eigenvalue weighted by Crippen LogP contribution is -2.60. The Bertz CT molecular complexity index is 789. The number of likely N-dealkylation sites (tertiary alicyclic amines) is 1. The minimum Gasteiger partial charge on any atom is -0.355 e. The number of nitrogens with zero attached hydrogens (tertiary/aromatic N) is 5. The minimum atomic E-state index is -4.66. The number of anilines is 1. The van der Waals surface area contributed by atoms with Gasteiger partial charge in [-0.3, -0.25) is 4.79 Å². The fraction of sp³-hybridized carbons (Fsp3) is 0.500. The zero-order valence-electron chi connectivity index (χ0n) is 13.7. The molecule has 138 valence electrons. The normalized spacial score (nSPS) is 19.5. The molecule has 2 fully saturated rings. The van der Waals surface area contributed by atoms with Gasteiger partial charge in [0.15, 0.2) is 0 Å². The Morgan fingerprint density at radius 3 is 2.46 bits per heavy atom. The Morgan fingerprint density at radius 2 is 1.92 bits per heavy atom. The lowest BCUT2D eigenvalue weighted by molar-refractivity contribution is -0.159. The van der Waals surface area contributed by atoms with Gasteiger partial charge < -0.3 is 14.3 Å². The van der Waals surface area contributed by atoms with Crippen LogP contribution in [-0.4, -0.2) is 52.6 Å². The Hall–Kier alpha value is -2.65. The van der Waals surface area contributed by atoms with Crippen LogP contribution in [0.2, 0.25) is 0 Å². The second kappa shape index (κ2) is 5.96. The van der Waals surface area contributed by atoms with E-state index in [9.17, 15) is 18.0 Å². The summed E-state index contributed by atoms with van der Waals surface area (Å²) in [5.74, 6) is -0.752. The summed E-state index contributed by atoms with van der Waals surface area (Å²) >= 11 is 0. The molecule has 0 saturated carbocycles. The topological polar surface area (TPSA) is 75.4 Å². The lowest BCUT2D eigenvalue weighted by Gasteiger charge is -2.54. The summed E-state index contributed by atoms with van der Waals surface area (Å²) in [5.41, 5.74) is 0.595. The van der Waals surface area contributed by atoms with E-state index in [1.54, 1.807) is 17.0 Å². The van der Waals surface area contributed by atoms with E-state index in [0.29, 0.717) is 5.56 Å². The first-order valence-electron chi connectivity index (χ1n) is 8.20. The van der Waals surface area contributed by atoms with Gasteiger partial charge in [0, 0.05) is 43.4 Å². The molecule has 1 spiro atoms. The summed E-state index contributed by atoms with van der Waals surface area (Å²) in [5, 5.41) is 3.35. The molecule has 0 atom stereocenters. The molecular formula is C16H16F3N5O2. The number of piperidine rings is 1. The molecule has 0 aromatic carbocycles. The molecule has 2 aliphatic heterocycles. The molecule has 1 amide bonds. The number of carbonyl (C=O) groups is 1. The molecule has 2 aromatic heterocycles. The molecule has 4 rings (SSSR count). The van der Waals surface area contributed by atoms with E-state index in [-0.39, 0.29) is 11.2 Å². The number of amides is 1. The summed E-state index contributed by atoms with van der Waals surface area (Å²) in [6.45, 7) is 3.30. The third-order valence-electron chi connectivity index (χ3n) is 5.06. The van der Waals surface area contributed by atoms with Crippen molar-refractivity contribution in [3.63, 3.8) is 0 Å². The molecular weight excluding hydrogens is 351 g/mol. The maximum absolute atomic E-state index is 12.5. The second-order valence-corrected chi connectivity index (χ2v) is 6.82.